The van der Waals surface area contributed by atoms with Crippen molar-refractivity contribution in [2.45, 2.75) is 19.3 Å². The first-order valence-corrected chi connectivity index (χ1v) is 4.87. The lowest BCUT2D eigenvalue weighted by Gasteiger charge is -2.02. The Morgan fingerprint density at radius 3 is 2.27 bits per heavy atom. The minimum absolute atomic E-state index is 0. The lowest BCUT2D eigenvalue weighted by molar-refractivity contribution is 0.560. The summed E-state index contributed by atoms with van der Waals surface area (Å²) in [5, 5.41) is 0. The van der Waals surface area contributed by atoms with Gasteiger partial charge in [0.25, 0.3) is 0 Å². The van der Waals surface area contributed by atoms with E-state index in [9.17, 15) is 0 Å². The van der Waals surface area contributed by atoms with Crippen molar-refractivity contribution in [1.82, 2.24) is 10.9 Å². The summed E-state index contributed by atoms with van der Waals surface area (Å²) in [6.07, 6.45) is 3.65. The van der Waals surface area contributed by atoms with E-state index in [2.05, 4.69) is 41.2 Å². The summed E-state index contributed by atoms with van der Waals surface area (Å²) < 4.78 is 0. The SMILES string of the molecule is CNNCCCCc1ccccc1.Cl.Cl. The molecule has 4 heteroatoms. The van der Waals surface area contributed by atoms with Gasteiger partial charge >= 0.3 is 0 Å². The summed E-state index contributed by atoms with van der Waals surface area (Å²) in [7, 11) is 1.90. The largest absolute Gasteiger partial charge is 0.261 e. The normalized spacial score (nSPS) is 8.87. The zero-order chi connectivity index (χ0) is 9.36. The quantitative estimate of drug-likeness (QED) is 0.599. The molecule has 0 aromatic heterocycles. The van der Waals surface area contributed by atoms with Crippen molar-refractivity contribution in [3.63, 3.8) is 0 Å². The molecule has 0 fully saturated rings. The van der Waals surface area contributed by atoms with Crippen LogP contribution in [-0.4, -0.2) is 13.6 Å². The first-order valence-electron chi connectivity index (χ1n) is 4.87. The topological polar surface area (TPSA) is 24.1 Å². The Morgan fingerprint density at radius 2 is 1.67 bits per heavy atom. The Morgan fingerprint density at radius 1 is 1.00 bits per heavy atom. The molecule has 0 heterocycles. The Hall–Kier alpha value is -0.280. The number of hydrogen-bond donors (Lipinski definition) is 2. The van der Waals surface area contributed by atoms with Gasteiger partial charge in [0.15, 0.2) is 0 Å². The van der Waals surface area contributed by atoms with Crippen molar-refractivity contribution < 1.29 is 0 Å². The van der Waals surface area contributed by atoms with Crippen molar-refractivity contribution >= 4 is 24.8 Å². The van der Waals surface area contributed by atoms with Crippen LogP contribution in [0.1, 0.15) is 18.4 Å². The molecule has 1 rings (SSSR count). The summed E-state index contributed by atoms with van der Waals surface area (Å²) in [4.78, 5) is 0. The zero-order valence-electron chi connectivity index (χ0n) is 9.03. The standard InChI is InChI=1S/C11H18N2.2ClH/c1-12-13-10-6-5-9-11-7-3-2-4-8-11;;/h2-4,7-8,12-13H,5-6,9-10H2,1H3;2*1H. The van der Waals surface area contributed by atoms with Crippen LogP contribution in [0.25, 0.3) is 0 Å². The van der Waals surface area contributed by atoms with E-state index in [0.717, 1.165) is 6.54 Å². The summed E-state index contributed by atoms with van der Waals surface area (Å²) >= 11 is 0. The highest BCUT2D eigenvalue weighted by molar-refractivity contribution is 5.85. The molecule has 15 heavy (non-hydrogen) atoms. The third-order valence-electron chi connectivity index (χ3n) is 2.04. The van der Waals surface area contributed by atoms with Crippen molar-refractivity contribution in [2.24, 2.45) is 0 Å². The maximum atomic E-state index is 3.08. The van der Waals surface area contributed by atoms with Crippen LogP contribution in [0.5, 0.6) is 0 Å². The van der Waals surface area contributed by atoms with E-state index < -0.39 is 0 Å². The smallest absolute Gasteiger partial charge is 0.00997 e. The fourth-order valence-electron chi connectivity index (χ4n) is 1.31. The molecule has 0 unspecified atom stereocenters. The van der Waals surface area contributed by atoms with Gasteiger partial charge in [-0.3, -0.25) is 10.9 Å². The molecule has 0 bridgehead atoms. The average molecular weight is 251 g/mol. The number of unbranched alkanes of at least 4 members (excludes halogenated alkanes) is 1. The van der Waals surface area contributed by atoms with E-state index in [1.807, 2.05) is 7.05 Å². The minimum Gasteiger partial charge on any atom is -0.261 e. The molecule has 0 amide bonds. The second kappa shape index (κ2) is 11.8. The van der Waals surface area contributed by atoms with Gasteiger partial charge in [0.05, 0.1) is 0 Å². The van der Waals surface area contributed by atoms with Gasteiger partial charge in [-0.1, -0.05) is 30.3 Å². The fraction of sp³-hybridized carbons (Fsp3) is 0.455. The van der Waals surface area contributed by atoms with Gasteiger partial charge < -0.3 is 0 Å². The molecule has 1 aromatic rings. The monoisotopic (exact) mass is 250 g/mol. The lowest BCUT2D eigenvalue weighted by atomic mass is 10.1. The molecule has 2 nitrogen and oxygen atoms in total. The first kappa shape index (κ1) is 17.1. The maximum absolute atomic E-state index is 3.08. The molecular formula is C11H20Cl2N2. The molecule has 2 N–H and O–H groups in total. The summed E-state index contributed by atoms with van der Waals surface area (Å²) in [6, 6.07) is 10.6. The van der Waals surface area contributed by atoms with Crippen LogP contribution in [-0.2, 0) is 6.42 Å². The van der Waals surface area contributed by atoms with E-state index in [1.54, 1.807) is 0 Å². The van der Waals surface area contributed by atoms with E-state index in [4.69, 9.17) is 0 Å². The van der Waals surface area contributed by atoms with E-state index in [1.165, 1.54) is 24.8 Å². The molecular weight excluding hydrogens is 231 g/mol. The minimum atomic E-state index is 0. The predicted octanol–water partition coefficient (Wildman–Crippen LogP) is 2.58. The number of benzene rings is 1. The van der Waals surface area contributed by atoms with Crippen LogP contribution >= 0.6 is 24.8 Å². The molecule has 0 aliphatic rings. The van der Waals surface area contributed by atoms with Gasteiger partial charge in [0, 0.05) is 6.54 Å². The molecule has 0 aliphatic heterocycles. The summed E-state index contributed by atoms with van der Waals surface area (Å²) in [5.41, 5.74) is 7.44. The van der Waals surface area contributed by atoms with Crippen molar-refractivity contribution in [3.05, 3.63) is 35.9 Å². The Balaban J connectivity index is 0. The number of hydrogen-bond acceptors (Lipinski definition) is 2. The van der Waals surface area contributed by atoms with Crippen LogP contribution < -0.4 is 10.9 Å². The summed E-state index contributed by atoms with van der Waals surface area (Å²) in [6.45, 7) is 1.04. The number of hydrazine groups is 1. The van der Waals surface area contributed by atoms with Crippen LogP contribution in [0.2, 0.25) is 0 Å². The molecule has 0 aliphatic carbocycles. The highest BCUT2D eigenvalue weighted by Gasteiger charge is 1.91. The third kappa shape index (κ3) is 8.70. The molecule has 0 radical (unpaired) electrons. The van der Waals surface area contributed by atoms with Crippen LogP contribution in [0.4, 0.5) is 0 Å². The molecule has 0 spiro atoms. The fourth-order valence-corrected chi connectivity index (χ4v) is 1.31. The van der Waals surface area contributed by atoms with Crippen molar-refractivity contribution in [3.8, 4) is 0 Å². The van der Waals surface area contributed by atoms with E-state index in [0.29, 0.717) is 0 Å². The van der Waals surface area contributed by atoms with Crippen LogP contribution in [0, 0.1) is 0 Å². The molecule has 0 saturated carbocycles. The predicted molar refractivity (Wildman–Crippen MR) is 70.9 cm³/mol. The molecule has 0 saturated heterocycles. The number of rotatable bonds is 6. The first-order chi connectivity index (χ1) is 6.43. The van der Waals surface area contributed by atoms with Crippen molar-refractivity contribution in [2.75, 3.05) is 13.6 Å². The average Bonchev–Trinajstić information content (AvgIpc) is 2.19. The highest BCUT2D eigenvalue weighted by Crippen LogP contribution is 2.03. The second-order valence-corrected chi connectivity index (χ2v) is 3.12. The highest BCUT2D eigenvalue weighted by atomic mass is 35.5. The molecule has 1 aromatic carbocycles. The van der Waals surface area contributed by atoms with Gasteiger partial charge in [0.2, 0.25) is 0 Å². The number of aryl methyl sites for hydroxylation is 1. The van der Waals surface area contributed by atoms with Gasteiger partial charge in [-0.05, 0) is 31.9 Å². The van der Waals surface area contributed by atoms with E-state index in [-0.39, 0.29) is 24.8 Å². The van der Waals surface area contributed by atoms with Gasteiger partial charge in [-0.2, -0.15) is 0 Å². The maximum Gasteiger partial charge on any atom is 0.00997 e. The van der Waals surface area contributed by atoms with Gasteiger partial charge in [-0.15, -0.1) is 24.8 Å². The Labute approximate surface area is 105 Å². The Bertz CT molecular complexity index is 217. The number of nitrogens with one attached hydrogen (secondary N) is 2. The third-order valence-corrected chi connectivity index (χ3v) is 2.04. The Kier molecular flexibility index (Phi) is 13.5. The van der Waals surface area contributed by atoms with Crippen molar-refractivity contribution in [1.29, 1.82) is 0 Å². The van der Waals surface area contributed by atoms with E-state index >= 15 is 0 Å². The zero-order valence-corrected chi connectivity index (χ0v) is 10.7. The van der Waals surface area contributed by atoms with Crippen LogP contribution in [0.3, 0.4) is 0 Å². The molecule has 88 valence electrons. The van der Waals surface area contributed by atoms with Crippen LogP contribution in [0.15, 0.2) is 30.3 Å². The van der Waals surface area contributed by atoms with Gasteiger partial charge in [0.1, 0.15) is 0 Å². The molecule has 0 atom stereocenters. The summed E-state index contributed by atoms with van der Waals surface area (Å²) in [5.74, 6) is 0. The lowest BCUT2D eigenvalue weighted by Crippen LogP contribution is -2.28. The second-order valence-electron chi connectivity index (χ2n) is 3.12. The van der Waals surface area contributed by atoms with Gasteiger partial charge in [-0.25, -0.2) is 0 Å². The number of halogens is 2.